The number of unbranched alkanes of at least 4 members (excludes halogenated alkanes) is 2. The van der Waals surface area contributed by atoms with Gasteiger partial charge in [0.15, 0.2) is 0 Å². The van der Waals surface area contributed by atoms with Crippen molar-refractivity contribution in [2.24, 2.45) is 16.6 Å². The molecule has 2 unspecified atom stereocenters. The maximum atomic E-state index is 15.7. The molecule has 7 atom stereocenters. The van der Waals surface area contributed by atoms with Crippen LogP contribution in [0.15, 0.2) is 135 Å². The van der Waals surface area contributed by atoms with Crippen LogP contribution in [0.25, 0.3) is 16.0 Å². The quantitative estimate of drug-likeness (QED) is 0.0206. The van der Waals surface area contributed by atoms with Crippen LogP contribution in [-0.2, 0) is 45.5 Å². The van der Waals surface area contributed by atoms with E-state index in [9.17, 15) is 42.6 Å². The van der Waals surface area contributed by atoms with Gasteiger partial charge in [0, 0.05) is 111 Å². The largest absolute Gasteiger partial charge is 0.501 e. The van der Waals surface area contributed by atoms with Gasteiger partial charge in [-0.2, -0.15) is 13.2 Å². The van der Waals surface area contributed by atoms with Crippen molar-refractivity contribution in [1.82, 2.24) is 35.2 Å². The fourth-order valence-corrected chi connectivity index (χ4v) is 20.1. The van der Waals surface area contributed by atoms with Crippen molar-refractivity contribution in [1.29, 1.82) is 0 Å². The Morgan fingerprint density at radius 2 is 1.60 bits per heavy atom. The number of ether oxygens (including phenoxy) is 2. The first-order valence-corrected chi connectivity index (χ1v) is 42.1. The second kappa shape index (κ2) is 33.6. The predicted octanol–water partition coefficient (Wildman–Crippen LogP) is 10.5. The highest BCUT2D eigenvalue weighted by Gasteiger charge is 2.51. The Morgan fingerprint density at radius 1 is 0.853 bits per heavy atom. The van der Waals surface area contributed by atoms with Crippen LogP contribution in [0, 0.1) is 10.8 Å². The fourth-order valence-electron chi connectivity index (χ4n) is 15.3. The van der Waals surface area contributed by atoms with E-state index < -0.39 is 112 Å². The number of anilines is 2. The Bertz CT molecular complexity index is 4620. The molecule has 7 N–H and O–H groups in total. The summed E-state index contributed by atoms with van der Waals surface area (Å²) in [5.74, 6) is -2.26. The van der Waals surface area contributed by atoms with Crippen molar-refractivity contribution in [2.45, 2.75) is 167 Å². The number of aliphatic hydroxyl groups excluding tert-OH is 2. The molecule has 31 heteroatoms. The zero-order chi connectivity index (χ0) is 77.9. The number of rotatable bonds is 27. The molecule has 6 aliphatic rings. The average molecular weight is 1600 g/mol. The molecular weight excluding hydrogens is 1510 g/mol. The van der Waals surface area contributed by atoms with Crippen LogP contribution in [0.4, 0.5) is 24.5 Å². The van der Waals surface area contributed by atoms with Crippen LogP contribution < -0.4 is 36.1 Å². The van der Waals surface area contributed by atoms with E-state index in [1.165, 1.54) is 46.2 Å². The minimum absolute atomic E-state index is 0.0251. The number of carbonyl (C=O) groups excluding carboxylic acids is 5. The zero-order valence-electron chi connectivity index (χ0n) is 61.6. The predicted molar refractivity (Wildman–Crippen MR) is 412 cm³/mol. The number of thiazole rings is 1. The first kappa shape index (κ1) is 80.7. The van der Waals surface area contributed by atoms with Crippen LogP contribution >= 0.6 is 34.7 Å². The lowest BCUT2D eigenvalue weighted by Crippen LogP contribution is -2.64. The third-order valence-corrected chi connectivity index (χ3v) is 27.2. The summed E-state index contributed by atoms with van der Waals surface area (Å²) < 4.78 is 117. The Balaban J connectivity index is 0.672. The standard InChI is InChI=1S/C78H94ClF3N10O13S4/c1-76(2,3)72(75(99)91-41-55(94)36-67(91)86-74(98)60(43-93)49-18-23-58-64(34-49)105-45-62-71(58)107-47-84-62)87-68(95)14-10-7-11-15-69(96)90-32-30-88(31-33-90)29-27-53(46-106-56-12-8-6-9-13-56)85-61-24-22-57(37-66(61)109(102,103)78(80,81)82)108(100,101)70-42-89(40-54-44-104-65-35-50(73(83)97)19-25-63(65)92(54)70)39-51-26-28-77(4,5)38-59(51)48-16-20-52(79)21-17-48/h6,8-9,12-13,16-25,34-35,37,47,53-55,60,67,70,72,85,93-94H,7,10-11,14-15,26-33,36,38-46H2,1-5H3,(H2,83,97)(H,86,98)(H,87,95)/t53-,54?,55-,60+,67+,70?,72-/m1/s1. The summed E-state index contributed by atoms with van der Waals surface area (Å²) in [7, 11) is -11.0. The number of primary amides is 1. The summed E-state index contributed by atoms with van der Waals surface area (Å²) >= 11 is 9.22. The van der Waals surface area contributed by atoms with Gasteiger partial charge >= 0.3 is 5.51 Å². The molecule has 5 aromatic carbocycles. The van der Waals surface area contributed by atoms with Gasteiger partial charge in [-0.25, -0.2) is 21.8 Å². The number of piperazine rings is 2. The van der Waals surface area contributed by atoms with E-state index >= 15 is 21.6 Å². The number of β-amino-alcohol motifs (C(OH)–C–C–N with tert-alkyl or cyclic N) is 1. The highest BCUT2D eigenvalue weighted by molar-refractivity contribution is 7.99. The van der Waals surface area contributed by atoms with E-state index in [1.807, 2.05) is 65.6 Å². The Morgan fingerprint density at radius 3 is 2.31 bits per heavy atom. The van der Waals surface area contributed by atoms with Crippen LogP contribution in [0.2, 0.25) is 5.02 Å². The molecule has 23 nitrogen and oxygen atoms in total. The van der Waals surface area contributed by atoms with Gasteiger partial charge in [-0.05, 0) is 139 Å². The van der Waals surface area contributed by atoms with Gasteiger partial charge in [0.25, 0.3) is 9.84 Å². The second-order valence-electron chi connectivity index (χ2n) is 30.9. The summed E-state index contributed by atoms with van der Waals surface area (Å²) in [5.41, 5.74) is 6.06. The molecule has 12 rings (SSSR count). The molecule has 0 saturated carbocycles. The van der Waals surface area contributed by atoms with Gasteiger partial charge in [-0.1, -0.05) is 94.6 Å². The normalized spacial score (nSPS) is 20.5. The number of aliphatic hydroxyl groups is 2. The number of nitrogens with two attached hydrogens (primary N) is 1. The number of thioether (sulfide) groups is 1. The number of aromatic nitrogens is 1. The molecule has 3 fully saturated rings. The highest BCUT2D eigenvalue weighted by atomic mass is 35.5. The van der Waals surface area contributed by atoms with Crippen LogP contribution in [0.5, 0.6) is 11.5 Å². The van der Waals surface area contributed by atoms with Gasteiger partial charge < -0.3 is 56.1 Å². The molecular formula is C78H94ClF3N10O13S4. The number of carbonyl (C=O) groups is 5. The first-order valence-electron chi connectivity index (χ1n) is 36.8. The number of nitrogens with one attached hydrogen (secondary N) is 3. The SMILES string of the molecule is CC1(C)CCC(CN2CC3COc4cc(C(N)=O)ccc4N3C(S(=O)(=O)c3ccc(N[C@H](CCN4CCN(C(=O)CCCCCC(=O)N[C@H](C(=O)N5C[C@H](O)C[C@H]5NC(=O)[C@@H](CO)c5ccc6c(c5)OCc5ncsc5-6)C(C)(C)C)CC4)CSc4ccccc4)c(S(=O)(=O)C(F)(F)F)c3)C2)=C(c2ccc(Cl)cc2)C1. The Hall–Kier alpha value is -7.81. The number of hydrogen-bond acceptors (Lipinski definition) is 20. The van der Waals surface area contributed by atoms with E-state index in [0.717, 1.165) is 62.7 Å². The van der Waals surface area contributed by atoms with Gasteiger partial charge in [0.05, 0.1) is 57.0 Å². The lowest BCUT2D eigenvalue weighted by Gasteiger charge is -2.50. The smallest absolute Gasteiger partial charge is 0.489 e. The summed E-state index contributed by atoms with van der Waals surface area (Å²) in [6, 6.07) is 27.1. The van der Waals surface area contributed by atoms with E-state index in [0.29, 0.717) is 106 Å². The molecule has 1 aliphatic carbocycles. The van der Waals surface area contributed by atoms with Gasteiger partial charge in [-0.3, -0.25) is 33.8 Å². The van der Waals surface area contributed by atoms with E-state index in [2.05, 4.69) is 39.7 Å². The molecule has 586 valence electrons. The van der Waals surface area contributed by atoms with Crippen molar-refractivity contribution in [3.63, 3.8) is 0 Å². The van der Waals surface area contributed by atoms with Crippen LogP contribution in [0.1, 0.15) is 132 Å². The van der Waals surface area contributed by atoms with E-state index in [1.54, 1.807) is 48.2 Å². The van der Waals surface area contributed by atoms with Crippen molar-refractivity contribution >= 4 is 101 Å². The number of sulfone groups is 2. The number of likely N-dealkylation sites (tertiary alicyclic amines) is 1. The molecule has 1 aromatic heterocycles. The van der Waals surface area contributed by atoms with Crippen LogP contribution in [-0.4, -0.2) is 200 Å². The summed E-state index contributed by atoms with van der Waals surface area (Å²) in [6.07, 6.45) is 2.48. The molecule has 6 heterocycles. The lowest BCUT2D eigenvalue weighted by atomic mass is 9.72. The van der Waals surface area contributed by atoms with Gasteiger partial charge in [-0.15, -0.1) is 23.1 Å². The number of halogens is 4. The number of allylic oxidation sites excluding steroid dienone is 1. The number of alkyl halides is 3. The Labute approximate surface area is 647 Å². The summed E-state index contributed by atoms with van der Waals surface area (Å²) in [4.78, 5) is 81.0. The third kappa shape index (κ3) is 18.7. The number of nitrogens with zero attached hydrogens (tertiary/aromatic N) is 6. The molecule has 3 saturated heterocycles. The number of hydrogen-bond donors (Lipinski definition) is 6. The van der Waals surface area contributed by atoms with Crippen LogP contribution in [0.3, 0.4) is 0 Å². The van der Waals surface area contributed by atoms with Crippen molar-refractivity contribution in [2.75, 3.05) is 88.1 Å². The third-order valence-electron chi connectivity index (χ3n) is 21.4. The molecule has 5 amide bonds. The number of benzene rings is 5. The fraction of sp³-hybridized carbons (Fsp3) is 0.487. The molecule has 6 aromatic rings. The highest BCUT2D eigenvalue weighted by Crippen LogP contribution is 2.47. The van der Waals surface area contributed by atoms with E-state index in [-0.39, 0.29) is 79.9 Å². The summed E-state index contributed by atoms with van der Waals surface area (Å²) in [6.45, 7) is 12.0. The van der Waals surface area contributed by atoms with E-state index in [4.69, 9.17) is 26.8 Å². The maximum absolute atomic E-state index is 15.7. The first-order chi connectivity index (χ1) is 51.7. The molecule has 0 spiro atoms. The zero-order valence-corrected chi connectivity index (χ0v) is 65.6. The second-order valence-corrected chi connectivity index (χ2v) is 37.3. The van der Waals surface area contributed by atoms with Crippen molar-refractivity contribution in [3.05, 3.63) is 148 Å². The van der Waals surface area contributed by atoms with Crippen molar-refractivity contribution in [3.8, 4) is 21.9 Å². The minimum atomic E-state index is -6.23. The molecule has 0 radical (unpaired) electrons. The topological polar surface area (TPSA) is 304 Å². The average Bonchev–Trinajstić information content (AvgIpc) is 1.36. The monoisotopic (exact) mass is 1600 g/mol. The van der Waals surface area contributed by atoms with Crippen molar-refractivity contribution < 1.29 is 73.7 Å². The molecule has 109 heavy (non-hydrogen) atoms. The molecule has 0 bridgehead atoms. The minimum Gasteiger partial charge on any atom is -0.489 e. The molecule has 5 aliphatic heterocycles. The Kier molecular flexibility index (Phi) is 24.9. The summed E-state index contributed by atoms with van der Waals surface area (Å²) in [5, 5.41) is 29.3. The van der Waals surface area contributed by atoms with Gasteiger partial charge in [0.1, 0.15) is 47.2 Å². The van der Waals surface area contributed by atoms with Gasteiger partial charge in [0.2, 0.25) is 39.4 Å². The maximum Gasteiger partial charge on any atom is 0.501 e. The number of amides is 5. The lowest BCUT2D eigenvalue weighted by molar-refractivity contribution is -0.142. The number of fused-ring (bicyclic) bond motifs is 6.